The average molecular weight is 358 g/mol. The van der Waals surface area contributed by atoms with Crippen molar-refractivity contribution in [1.82, 2.24) is 4.72 Å². The number of carboxylic acids is 1. The molecule has 0 aliphatic heterocycles. The lowest BCUT2D eigenvalue weighted by molar-refractivity contribution is -0.385. The molecule has 0 radical (unpaired) electrons. The third-order valence-electron chi connectivity index (χ3n) is 3.60. The van der Waals surface area contributed by atoms with Gasteiger partial charge in [0.1, 0.15) is 0 Å². The summed E-state index contributed by atoms with van der Waals surface area (Å²) < 4.78 is 27.1. The minimum atomic E-state index is -4.05. The van der Waals surface area contributed by atoms with E-state index in [0.29, 0.717) is 17.5 Å². The van der Waals surface area contributed by atoms with Gasteiger partial charge in [0, 0.05) is 18.2 Å². The van der Waals surface area contributed by atoms with Gasteiger partial charge in [-0.25, -0.2) is 13.1 Å². The van der Waals surface area contributed by atoms with E-state index >= 15 is 0 Å². The molecule has 0 aliphatic carbocycles. The number of sulfonamides is 1. The van der Waals surface area contributed by atoms with E-state index in [1.165, 1.54) is 19.9 Å². The van der Waals surface area contributed by atoms with Crippen molar-refractivity contribution in [3.63, 3.8) is 0 Å². The first kappa shape index (κ1) is 20.0. The van der Waals surface area contributed by atoms with Gasteiger partial charge in [0.25, 0.3) is 5.69 Å². The number of nitrogens with zero attached hydrogens (tertiary/aromatic N) is 1. The molecule has 0 saturated heterocycles. The van der Waals surface area contributed by atoms with Crippen LogP contribution >= 0.6 is 0 Å². The highest BCUT2D eigenvalue weighted by atomic mass is 32.2. The van der Waals surface area contributed by atoms with Crippen LogP contribution in [0.25, 0.3) is 0 Å². The van der Waals surface area contributed by atoms with Crippen molar-refractivity contribution in [2.45, 2.75) is 39.0 Å². The van der Waals surface area contributed by atoms with Gasteiger partial charge in [0.05, 0.1) is 15.7 Å². The third-order valence-corrected chi connectivity index (χ3v) is 5.17. The molecule has 0 fully saturated rings. The van der Waals surface area contributed by atoms with Crippen molar-refractivity contribution in [3.8, 4) is 0 Å². The monoisotopic (exact) mass is 358 g/mol. The topological polar surface area (TPSA) is 127 Å². The van der Waals surface area contributed by atoms with Crippen molar-refractivity contribution in [3.05, 3.63) is 33.4 Å². The maximum absolute atomic E-state index is 12.4. The molecule has 1 aromatic carbocycles. The molecule has 134 valence electrons. The van der Waals surface area contributed by atoms with Gasteiger partial charge in [-0.15, -0.1) is 0 Å². The third kappa shape index (κ3) is 5.00. The second-order valence-electron chi connectivity index (χ2n) is 6.18. The molecule has 1 rings (SSSR count). The molecule has 9 heteroatoms. The van der Waals surface area contributed by atoms with Crippen LogP contribution in [0.5, 0.6) is 0 Å². The quantitative estimate of drug-likeness (QED) is 0.542. The fraction of sp³-hybridized carbons (Fsp3) is 0.533. The van der Waals surface area contributed by atoms with Crippen molar-refractivity contribution in [1.29, 1.82) is 0 Å². The SMILES string of the molecule is Cc1cc(C)c(S(=O)(=O)NCC(CC(C)C)C(=O)O)cc1[N+](=O)[O-]. The van der Waals surface area contributed by atoms with E-state index < -0.39 is 26.8 Å². The molecule has 8 nitrogen and oxygen atoms in total. The zero-order chi connectivity index (χ0) is 18.7. The fourth-order valence-electron chi connectivity index (χ4n) is 2.44. The zero-order valence-electron chi connectivity index (χ0n) is 14.1. The Hall–Kier alpha value is -2.00. The normalized spacial score (nSPS) is 13.0. The Bertz CT molecular complexity index is 743. The summed E-state index contributed by atoms with van der Waals surface area (Å²) in [5.74, 6) is -1.85. The Kier molecular flexibility index (Phi) is 6.44. The molecule has 0 aromatic heterocycles. The molecule has 1 atom stereocenters. The summed E-state index contributed by atoms with van der Waals surface area (Å²) in [6.07, 6.45) is 0.324. The summed E-state index contributed by atoms with van der Waals surface area (Å²) in [5.41, 5.74) is 0.430. The minimum absolute atomic E-state index is 0.0952. The lowest BCUT2D eigenvalue weighted by atomic mass is 9.98. The first-order valence-electron chi connectivity index (χ1n) is 7.43. The molecular weight excluding hydrogens is 336 g/mol. The van der Waals surface area contributed by atoms with Crippen LogP contribution < -0.4 is 4.72 Å². The number of nitro benzene ring substituents is 1. The molecule has 0 bridgehead atoms. The highest BCUT2D eigenvalue weighted by Gasteiger charge is 2.26. The smallest absolute Gasteiger partial charge is 0.307 e. The van der Waals surface area contributed by atoms with Crippen LogP contribution in [0.4, 0.5) is 5.69 Å². The number of hydrogen-bond donors (Lipinski definition) is 2. The number of carbonyl (C=O) groups is 1. The van der Waals surface area contributed by atoms with Gasteiger partial charge in [-0.3, -0.25) is 14.9 Å². The van der Waals surface area contributed by atoms with Crippen LogP contribution in [-0.4, -0.2) is 31.0 Å². The molecule has 2 N–H and O–H groups in total. The summed E-state index contributed by atoms with van der Waals surface area (Å²) in [5, 5.41) is 20.2. The first-order chi connectivity index (χ1) is 11.0. The van der Waals surface area contributed by atoms with Gasteiger partial charge in [-0.1, -0.05) is 13.8 Å². The van der Waals surface area contributed by atoms with Crippen LogP contribution in [0.2, 0.25) is 0 Å². The lowest BCUT2D eigenvalue weighted by Crippen LogP contribution is -2.34. The first-order valence-corrected chi connectivity index (χ1v) is 8.92. The molecule has 0 heterocycles. The van der Waals surface area contributed by atoms with Crippen molar-refractivity contribution in [2.24, 2.45) is 11.8 Å². The van der Waals surface area contributed by atoms with Crippen molar-refractivity contribution < 1.29 is 23.2 Å². The highest BCUT2D eigenvalue weighted by Crippen LogP contribution is 2.26. The maximum Gasteiger partial charge on any atom is 0.307 e. The summed E-state index contributed by atoms with van der Waals surface area (Å²) >= 11 is 0. The molecule has 24 heavy (non-hydrogen) atoms. The van der Waals surface area contributed by atoms with Crippen LogP contribution in [0, 0.1) is 35.8 Å². The zero-order valence-corrected chi connectivity index (χ0v) is 14.9. The van der Waals surface area contributed by atoms with Crippen LogP contribution in [0.3, 0.4) is 0 Å². The van der Waals surface area contributed by atoms with Gasteiger partial charge < -0.3 is 5.11 Å². The van der Waals surface area contributed by atoms with Crippen LogP contribution in [-0.2, 0) is 14.8 Å². The largest absolute Gasteiger partial charge is 0.481 e. The molecule has 1 unspecified atom stereocenters. The number of hydrogen-bond acceptors (Lipinski definition) is 5. The maximum atomic E-state index is 12.4. The van der Waals surface area contributed by atoms with Gasteiger partial charge in [0.2, 0.25) is 10.0 Å². The number of nitrogens with one attached hydrogen (secondary N) is 1. The molecule has 0 saturated carbocycles. The van der Waals surface area contributed by atoms with E-state index in [4.69, 9.17) is 0 Å². The number of rotatable bonds is 8. The van der Waals surface area contributed by atoms with E-state index in [9.17, 15) is 28.4 Å². The van der Waals surface area contributed by atoms with E-state index in [1.54, 1.807) is 0 Å². The molecular formula is C15H22N2O6S. The van der Waals surface area contributed by atoms with Gasteiger partial charge >= 0.3 is 5.97 Å². The predicted molar refractivity (Wildman–Crippen MR) is 88.3 cm³/mol. The molecule has 0 amide bonds. The van der Waals surface area contributed by atoms with Crippen molar-refractivity contribution in [2.75, 3.05) is 6.54 Å². The summed E-state index contributed by atoms with van der Waals surface area (Å²) in [6.45, 7) is 6.49. The fourth-order valence-corrected chi connectivity index (χ4v) is 3.76. The van der Waals surface area contributed by atoms with Crippen LogP contribution in [0.1, 0.15) is 31.4 Å². The average Bonchev–Trinajstić information content (AvgIpc) is 2.42. The van der Waals surface area contributed by atoms with E-state index in [0.717, 1.165) is 6.07 Å². The van der Waals surface area contributed by atoms with Gasteiger partial charge in [-0.2, -0.15) is 0 Å². The number of carboxylic acid groups (broad SMARTS) is 1. The van der Waals surface area contributed by atoms with Crippen LogP contribution in [0.15, 0.2) is 17.0 Å². The molecule has 0 spiro atoms. The van der Waals surface area contributed by atoms with E-state index in [-0.39, 0.29) is 23.0 Å². The highest BCUT2D eigenvalue weighted by molar-refractivity contribution is 7.89. The number of nitro groups is 1. The second kappa shape index (κ2) is 7.71. The Morgan fingerprint density at radius 1 is 1.29 bits per heavy atom. The van der Waals surface area contributed by atoms with Crippen molar-refractivity contribution >= 4 is 21.7 Å². The minimum Gasteiger partial charge on any atom is -0.481 e. The van der Waals surface area contributed by atoms with Gasteiger partial charge in [0.15, 0.2) is 0 Å². The molecule has 0 aliphatic rings. The van der Waals surface area contributed by atoms with E-state index in [1.807, 2.05) is 13.8 Å². The second-order valence-corrected chi connectivity index (χ2v) is 7.91. The summed E-state index contributed by atoms with van der Waals surface area (Å²) in [6, 6.07) is 2.43. The Morgan fingerprint density at radius 3 is 2.33 bits per heavy atom. The van der Waals surface area contributed by atoms with Gasteiger partial charge in [-0.05, 0) is 37.8 Å². The Balaban J connectivity index is 3.10. The number of aliphatic carboxylic acids is 1. The Labute approximate surface area is 141 Å². The Morgan fingerprint density at radius 2 is 1.88 bits per heavy atom. The summed E-state index contributed by atoms with van der Waals surface area (Å²) in [7, 11) is -4.05. The number of benzene rings is 1. The standard InChI is InChI=1S/C15H22N2O6S/c1-9(2)5-12(15(18)19)8-16-24(22,23)14-7-13(17(20)21)10(3)6-11(14)4/h6-7,9,12,16H,5,8H2,1-4H3,(H,18,19). The number of aryl methyl sites for hydroxylation is 2. The lowest BCUT2D eigenvalue weighted by Gasteiger charge is -2.16. The molecule has 1 aromatic rings. The summed E-state index contributed by atoms with van der Waals surface area (Å²) in [4.78, 5) is 21.4. The van der Waals surface area contributed by atoms with E-state index in [2.05, 4.69) is 4.72 Å². The predicted octanol–water partition coefficient (Wildman–Crippen LogP) is 2.24.